The minimum Gasteiger partial charge on any atom is -0.481 e. The molecule has 0 aromatic heterocycles. The molecule has 1 aliphatic rings. The van der Waals surface area contributed by atoms with E-state index in [1.807, 2.05) is 31.2 Å². The maximum Gasteiger partial charge on any atom is 0.289 e. The van der Waals surface area contributed by atoms with Gasteiger partial charge in [0.1, 0.15) is 12.4 Å². The smallest absolute Gasteiger partial charge is 0.289 e. The van der Waals surface area contributed by atoms with E-state index < -0.39 is 0 Å². The van der Waals surface area contributed by atoms with Gasteiger partial charge in [-0.25, -0.2) is 0 Å². The van der Waals surface area contributed by atoms with Gasteiger partial charge in [-0.15, -0.1) is 6.42 Å². The number of imide groups is 1. The molecule has 0 spiro atoms. The van der Waals surface area contributed by atoms with Crippen LogP contribution < -0.4 is 4.74 Å². The Morgan fingerprint density at radius 3 is 2.68 bits per heavy atom. The molecule has 1 aromatic carbocycles. The van der Waals surface area contributed by atoms with Crippen LogP contribution in [0, 0.1) is 12.3 Å². The topological polar surface area (TPSA) is 46.6 Å². The highest BCUT2D eigenvalue weighted by Gasteiger charge is 2.38. The van der Waals surface area contributed by atoms with Gasteiger partial charge in [-0.1, -0.05) is 43.2 Å². The summed E-state index contributed by atoms with van der Waals surface area (Å²) in [5, 5.41) is -0.445. The second kappa shape index (κ2) is 7.90. The molecule has 1 heterocycles. The molecule has 2 rings (SSSR count). The van der Waals surface area contributed by atoms with Crippen molar-refractivity contribution in [1.82, 2.24) is 4.90 Å². The van der Waals surface area contributed by atoms with E-state index in [2.05, 4.69) is 5.92 Å². The van der Waals surface area contributed by atoms with E-state index in [-0.39, 0.29) is 23.0 Å². The van der Waals surface area contributed by atoms with Crippen LogP contribution in [0.3, 0.4) is 0 Å². The van der Waals surface area contributed by atoms with Gasteiger partial charge < -0.3 is 4.74 Å². The Hall–Kier alpha value is -1.93. The van der Waals surface area contributed by atoms with Crippen LogP contribution in [-0.4, -0.2) is 34.4 Å². The summed E-state index contributed by atoms with van der Waals surface area (Å²) < 4.78 is 5.31. The molecule has 0 saturated carbocycles. The quantitative estimate of drug-likeness (QED) is 0.725. The highest BCUT2D eigenvalue weighted by Crippen LogP contribution is 2.30. The van der Waals surface area contributed by atoms with Crippen LogP contribution in [-0.2, 0) is 11.2 Å². The molecule has 1 fully saturated rings. The lowest BCUT2D eigenvalue weighted by Crippen LogP contribution is -2.33. The number of unbranched alkanes of at least 4 members (excludes halogenated alkanes) is 1. The van der Waals surface area contributed by atoms with Crippen LogP contribution in [0.15, 0.2) is 24.3 Å². The summed E-state index contributed by atoms with van der Waals surface area (Å²) in [6, 6.07) is 7.46. The van der Waals surface area contributed by atoms with Gasteiger partial charge >= 0.3 is 0 Å². The molecular formula is C17H19NO3S. The van der Waals surface area contributed by atoms with Gasteiger partial charge in [0.2, 0.25) is 5.91 Å². The van der Waals surface area contributed by atoms with Gasteiger partial charge in [-0.05, 0) is 30.5 Å². The average Bonchev–Trinajstić information content (AvgIpc) is 2.79. The Bertz CT molecular complexity index is 577. The maximum atomic E-state index is 12.3. The first-order chi connectivity index (χ1) is 10.7. The van der Waals surface area contributed by atoms with E-state index >= 15 is 0 Å². The number of thioether (sulfide) groups is 1. The molecule has 0 bridgehead atoms. The van der Waals surface area contributed by atoms with Gasteiger partial charge in [-0.2, -0.15) is 0 Å². The van der Waals surface area contributed by atoms with E-state index in [1.54, 1.807) is 0 Å². The van der Waals surface area contributed by atoms with Crippen molar-refractivity contribution in [3.8, 4) is 18.1 Å². The number of hydrogen-bond donors (Lipinski definition) is 0. The first-order valence-electron chi connectivity index (χ1n) is 7.33. The molecule has 116 valence electrons. The van der Waals surface area contributed by atoms with E-state index in [9.17, 15) is 9.59 Å². The number of benzene rings is 1. The van der Waals surface area contributed by atoms with Crippen molar-refractivity contribution >= 4 is 22.9 Å². The van der Waals surface area contributed by atoms with Crippen molar-refractivity contribution < 1.29 is 14.3 Å². The monoisotopic (exact) mass is 317 g/mol. The molecule has 1 atom stereocenters. The third kappa shape index (κ3) is 4.05. The van der Waals surface area contributed by atoms with E-state index in [4.69, 9.17) is 11.2 Å². The van der Waals surface area contributed by atoms with Crippen molar-refractivity contribution in [3.63, 3.8) is 0 Å². The number of carbonyl (C=O) groups excluding carboxylic acids is 2. The van der Waals surface area contributed by atoms with E-state index in [1.165, 1.54) is 4.90 Å². The molecule has 0 radical (unpaired) electrons. The maximum absolute atomic E-state index is 12.3. The summed E-state index contributed by atoms with van der Waals surface area (Å²) in [7, 11) is 0. The summed E-state index contributed by atoms with van der Waals surface area (Å²) in [4.78, 5) is 25.5. The number of hydrogen-bond acceptors (Lipinski definition) is 4. The SMILES string of the molecule is C#CCOc1ccc(C[C@@H]2SC(=O)N(CCCC)C2=O)cc1. The first kappa shape index (κ1) is 16.4. The molecule has 5 heteroatoms. The third-order valence-electron chi connectivity index (χ3n) is 3.41. The Balaban J connectivity index is 1.95. The van der Waals surface area contributed by atoms with Crippen molar-refractivity contribution in [2.24, 2.45) is 0 Å². The Morgan fingerprint density at radius 2 is 2.05 bits per heavy atom. The number of amides is 2. The molecule has 1 aromatic rings. The van der Waals surface area contributed by atoms with Gasteiger partial charge in [0.05, 0.1) is 5.25 Å². The predicted octanol–water partition coefficient (Wildman–Crippen LogP) is 3.11. The third-order valence-corrected chi connectivity index (χ3v) is 4.48. The van der Waals surface area contributed by atoms with E-state index in [0.29, 0.717) is 18.7 Å². The number of ether oxygens (including phenoxy) is 1. The van der Waals surface area contributed by atoms with E-state index in [0.717, 1.165) is 30.2 Å². The van der Waals surface area contributed by atoms with Crippen LogP contribution in [0.1, 0.15) is 25.3 Å². The zero-order valence-electron chi connectivity index (χ0n) is 12.6. The van der Waals surface area contributed by atoms with Gasteiger partial charge in [-0.3, -0.25) is 14.5 Å². The number of carbonyl (C=O) groups is 2. The molecule has 0 unspecified atom stereocenters. The molecule has 0 N–H and O–H groups in total. The van der Waals surface area contributed by atoms with Crippen molar-refractivity contribution in [2.45, 2.75) is 31.4 Å². The molecule has 0 aliphatic carbocycles. The minimum atomic E-state index is -0.318. The highest BCUT2D eigenvalue weighted by molar-refractivity contribution is 8.15. The zero-order valence-corrected chi connectivity index (χ0v) is 13.4. The summed E-state index contributed by atoms with van der Waals surface area (Å²) in [6.45, 7) is 2.80. The lowest BCUT2D eigenvalue weighted by molar-refractivity contribution is -0.126. The predicted molar refractivity (Wildman–Crippen MR) is 87.9 cm³/mol. The summed E-state index contributed by atoms with van der Waals surface area (Å²) in [6.07, 6.45) is 7.51. The fourth-order valence-electron chi connectivity index (χ4n) is 2.21. The number of rotatable bonds is 7. The average molecular weight is 317 g/mol. The fourth-order valence-corrected chi connectivity index (χ4v) is 3.26. The summed E-state index contributed by atoms with van der Waals surface area (Å²) in [5.41, 5.74) is 1.00. The highest BCUT2D eigenvalue weighted by atomic mass is 32.2. The number of terminal acetylenes is 1. The lowest BCUT2D eigenvalue weighted by Gasteiger charge is -2.13. The van der Waals surface area contributed by atoms with Gasteiger partial charge in [0.15, 0.2) is 0 Å². The molecule has 4 nitrogen and oxygen atoms in total. The molecule has 2 amide bonds. The second-order valence-corrected chi connectivity index (χ2v) is 6.21. The number of nitrogens with zero attached hydrogens (tertiary/aromatic N) is 1. The van der Waals surface area contributed by atoms with Crippen molar-refractivity contribution in [2.75, 3.05) is 13.2 Å². The lowest BCUT2D eigenvalue weighted by atomic mass is 10.1. The van der Waals surface area contributed by atoms with Crippen LogP contribution in [0.5, 0.6) is 5.75 Å². The van der Waals surface area contributed by atoms with Gasteiger partial charge in [0.25, 0.3) is 5.24 Å². The van der Waals surface area contributed by atoms with Crippen LogP contribution in [0.2, 0.25) is 0 Å². The Kier molecular flexibility index (Phi) is 5.91. The Morgan fingerprint density at radius 1 is 1.32 bits per heavy atom. The summed E-state index contributed by atoms with van der Waals surface area (Å²) >= 11 is 1.12. The van der Waals surface area contributed by atoms with Crippen LogP contribution >= 0.6 is 11.8 Å². The molecule has 1 aliphatic heterocycles. The van der Waals surface area contributed by atoms with Crippen LogP contribution in [0.25, 0.3) is 0 Å². The summed E-state index contributed by atoms with van der Waals surface area (Å²) in [5.74, 6) is 3.04. The van der Waals surface area contributed by atoms with Crippen LogP contribution in [0.4, 0.5) is 4.79 Å². The molecular weight excluding hydrogens is 298 g/mol. The Labute approximate surface area is 135 Å². The van der Waals surface area contributed by atoms with Gasteiger partial charge in [0, 0.05) is 6.54 Å². The fraction of sp³-hybridized carbons (Fsp3) is 0.412. The normalized spacial score (nSPS) is 17.6. The standard InChI is InChI=1S/C17H19NO3S/c1-3-5-10-18-16(19)15(22-17(18)20)12-13-6-8-14(9-7-13)21-11-4-2/h2,6-9,15H,3,5,10-12H2,1H3/t15-/m0/s1. The first-order valence-corrected chi connectivity index (χ1v) is 8.21. The minimum absolute atomic E-state index is 0.0730. The van der Waals surface area contributed by atoms with Crippen molar-refractivity contribution in [1.29, 1.82) is 0 Å². The second-order valence-electron chi connectivity index (χ2n) is 5.06. The molecule has 1 saturated heterocycles. The largest absolute Gasteiger partial charge is 0.481 e. The molecule has 22 heavy (non-hydrogen) atoms. The van der Waals surface area contributed by atoms with Crippen molar-refractivity contribution in [3.05, 3.63) is 29.8 Å². The zero-order chi connectivity index (χ0) is 15.9.